The van der Waals surface area contributed by atoms with Crippen LogP contribution in [0.3, 0.4) is 0 Å². The van der Waals surface area contributed by atoms with E-state index < -0.39 is 0 Å². The highest BCUT2D eigenvalue weighted by molar-refractivity contribution is 6.19. The number of carbonyl (C=O) groups is 1. The molecule has 0 aromatic carbocycles. The van der Waals surface area contributed by atoms with Gasteiger partial charge in [-0.05, 0) is 25.2 Å². The van der Waals surface area contributed by atoms with Crippen LogP contribution in [0.15, 0.2) is 36.0 Å². The fourth-order valence-corrected chi connectivity index (χ4v) is 3.93. The Kier molecular flexibility index (Phi) is 2.86. The van der Waals surface area contributed by atoms with E-state index in [9.17, 15) is 4.79 Å². The van der Waals surface area contributed by atoms with Crippen molar-refractivity contribution in [2.45, 2.75) is 25.4 Å². The van der Waals surface area contributed by atoms with E-state index in [1.54, 1.807) is 0 Å². The lowest BCUT2D eigenvalue weighted by molar-refractivity contribution is -0.141. The molecule has 4 atom stereocenters. The first-order valence-electron chi connectivity index (χ1n) is 6.45. The highest BCUT2D eigenvalue weighted by atomic mass is 35.5. The van der Waals surface area contributed by atoms with Crippen LogP contribution in [0.1, 0.15) is 19.3 Å². The van der Waals surface area contributed by atoms with Crippen LogP contribution in [-0.4, -0.2) is 18.0 Å². The number of fused-ring (bicyclic) bond motifs is 3. The van der Waals surface area contributed by atoms with Gasteiger partial charge in [-0.25, -0.2) is 4.79 Å². The molecule has 1 aliphatic heterocycles. The number of hydrogen-bond donors (Lipinski definition) is 0. The summed E-state index contributed by atoms with van der Waals surface area (Å²) in [6.45, 7) is 8.11. The maximum absolute atomic E-state index is 11.7. The van der Waals surface area contributed by atoms with Crippen LogP contribution in [0, 0.1) is 17.8 Å². The van der Waals surface area contributed by atoms with E-state index in [-0.39, 0.29) is 23.9 Å². The van der Waals surface area contributed by atoms with Crippen molar-refractivity contribution in [1.29, 1.82) is 0 Å². The number of rotatable bonds is 1. The number of carbonyl (C=O) groups excluding carboxylic acids is 1. The van der Waals surface area contributed by atoms with Crippen LogP contribution >= 0.6 is 11.6 Å². The molecule has 3 rings (SSSR count). The Morgan fingerprint density at radius 1 is 1.39 bits per heavy atom. The smallest absolute Gasteiger partial charge is 0.334 e. The molecule has 0 N–H and O–H groups in total. The predicted molar refractivity (Wildman–Crippen MR) is 71.3 cm³/mol. The Balaban J connectivity index is 1.99. The average molecular weight is 265 g/mol. The van der Waals surface area contributed by atoms with Gasteiger partial charge in [0.15, 0.2) is 0 Å². The van der Waals surface area contributed by atoms with Crippen molar-refractivity contribution < 1.29 is 9.53 Å². The molecule has 2 fully saturated rings. The van der Waals surface area contributed by atoms with Gasteiger partial charge >= 0.3 is 5.97 Å². The van der Waals surface area contributed by atoms with Crippen molar-refractivity contribution in [2.75, 3.05) is 5.88 Å². The highest BCUT2D eigenvalue weighted by Crippen LogP contribution is 2.50. The molecule has 1 heterocycles. The largest absolute Gasteiger partial charge is 0.458 e. The molecule has 0 aromatic heterocycles. The summed E-state index contributed by atoms with van der Waals surface area (Å²) in [5.41, 5.74) is 3.12. The molecule has 96 valence electrons. The van der Waals surface area contributed by atoms with Gasteiger partial charge in [-0.1, -0.05) is 30.4 Å². The number of halogens is 1. The van der Waals surface area contributed by atoms with Crippen LogP contribution < -0.4 is 0 Å². The van der Waals surface area contributed by atoms with Crippen LogP contribution in [0.2, 0.25) is 0 Å². The third-order valence-electron chi connectivity index (χ3n) is 4.65. The van der Waals surface area contributed by atoms with E-state index in [2.05, 4.69) is 19.2 Å². The van der Waals surface area contributed by atoms with E-state index >= 15 is 0 Å². The van der Waals surface area contributed by atoms with Gasteiger partial charge in [-0.2, -0.15) is 0 Å². The Morgan fingerprint density at radius 3 is 2.89 bits per heavy atom. The summed E-state index contributed by atoms with van der Waals surface area (Å²) in [4.78, 5) is 11.7. The van der Waals surface area contributed by atoms with Crippen molar-refractivity contribution in [1.82, 2.24) is 0 Å². The summed E-state index contributed by atoms with van der Waals surface area (Å²) in [7, 11) is 0. The molecule has 0 amide bonds. The Hall–Kier alpha value is -1.02. The van der Waals surface area contributed by atoms with Gasteiger partial charge in [0.2, 0.25) is 0 Å². The third-order valence-corrected chi connectivity index (χ3v) is 4.96. The molecule has 0 aromatic rings. The lowest BCUT2D eigenvalue weighted by Gasteiger charge is -2.27. The summed E-state index contributed by atoms with van der Waals surface area (Å²) in [6.07, 6.45) is 5.00. The highest BCUT2D eigenvalue weighted by Gasteiger charge is 2.50. The summed E-state index contributed by atoms with van der Waals surface area (Å²) in [5, 5.41) is 0. The molecule has 3 heteroatoms. The van der Waals surface area contributed by atoms with Crippen molar-refractivity contribution in [2.24, 2.45) is 17.8 Å². The second kappa shape index (κ2) is 4.27. The van der Waals surface area contributed by atoms with Crippen LogP contribution in [0.25, 0.3) is 0 Å². The molecule has 1 saturated carbocycles. The van der Waals surface area contributed by atoms with Crippen LogP contribution in [0.5, 0.6) is 0 Å². The van der Waals surface area contributed by atoms with E-state index in [1.807, 2.05) is 0 Å². The first-order valence-corrected chi connectivity index (χ1v) is 6.99. The summed E-state index contributed by atoms with van der Waals surface area (Å²) in [5.74, 6) is 1.06. The number of ether oxygens (including phenoxy) is 1. The summed E-state index contributed by atoms with van der Waals surface area (Å²) < 4.78 is 5.57. The lowest BCUT2D eigenvalue weighted by Crippen LogP contribution is -2.30. The van der Waals surface area contributed by atoms with Gasteiger partial charge in [-0.3, -0.25) is 0 Å². The minimum absolute atomic E-state index is 0.0678. The maximum atomic E-state index is 11.7. The first-order chi connectivity index (χ1) is 8.63. The van der Waals surface area contributed by atoms with Crippen molar-refractivity contribution >= 4 is 17.6 Å². The molecule has 3 aliphatic rings. The van der Waals surface area contributed by atoms with Gasteiger partial charge < -0.3 is 4.74 Å². The topological polar surface area (TPSA) is 26.3 Å². The second-order valence-electron chi connectivity index (χ2n) is 5.48. The van der Waals surface area contributed by atoms with Gasteiger partial charge in [0.05, 0.1) is 0 Å². The fourth-order valence-electron chi connectivity index (χ4n) is 3.64. The third kappa shape index (κ3) is 1.58. The Labute approximate surface area is 112 Å². The lowest BCUT2D eigenvalue weighted by atomic mass is 9.80. The average Bonchev–Trinajstić information content (AvgIpc) is 2.86. The normalized spacial score (nSPS) is 38.9. The van der Waals surface area contributed by atoms with Gasteiger partial charge in [-0.15, -0.1) is 11.6 Å². The molecule has 0 unspecified atom stereocenters. The molecule has 18 heavy (non-hydrogen) atoms. The van der Waals surface area contributed by atoms with E-state index in [0.717, 1.165) is 19.3 Å². The zero-order valence-corrected chi connectivity index (χ0v) is 11.1. The number of allylic oxidation sites excluding steroid dienone is 2. The van der Waals surface area contributed by atoms with Crippen molar-refractivity contribution in [3.63, 3.8) is 0 Å². The standard InChI is InChI=1S/C15H17ClO2/c1-8-3-5-12-9(2)15(17)18-14(12)13-10(7-16)4-6-11(8)13/h4,11-14H,1-3,5-7H2/t11-,12-,13-,14-/m0/s1. The molecule has 2 nitrogen and oxygen atoms in total. The number of hydrogen-bond acceptors (Lipinski definition) is 2. The van der Waals surface area contributed by atoms with Crippen LogP contribution in [0.4, 0.5) is 0 Å². The molecule has 0 radical (unpaired) electrons. The zero-order valence-electron chi connectivity index (χ0n) is 10.3. The van der Waals surface area contributed by atoms with E-state index in [0.29, 0.717) is 17.4 Å². The summed E-state index contributed by atoms with van der Waals surface area (Å²) >= 11 is 6.03. The second-order valence-corrected chi connectivity index (χ2v) is 5.75. The first kappa shape index (κ1) is 12.0. The maximum Gasteiger partial charge on any atom is 0.334 e. The Morgan fingerprint density at radius 2 is 2.17 bits per heavy atom. The molecular formula is C15H17ClO2. The quantitative estimate of drug-likeness (QED) is 0.315. The molecular weight excluding hydrogens is 248 g/mol. The van der Waals surface area contributed by atoms with E-state index in [4.69, 9.17) is 16.3 Å². The summed E-state index contributed by atoms with van der Waals surface area (Å²) in [6, 6.07) is 0. The predicted octanol–water partition coefficient (Wildman–Crippen LogP) is 3.24. The monoisotopic (exact) mass is 264 g/mol. The van der Waals surface area contributed by atoms with Crippen molar-refractivity contribution in [3.05, 3.63) is 36.0 Å². The van der Waals surface area contributed by atoms with Gasteiger partial charge in [0, 0.05) is 23.3 Å². The molecule has 1 saturated heterocycles. The molecule has 0 spiro atoms. The fraction of sp³-hybridized carbons (Fsp3) is 0.533. The number of alkyl halides is 1. The van der Waals surface area contributed by atoms with Gasteiger partial charge in [0.1, 0.15) is 6.10 Å². The number of esters is 1. The van der Waals surface area contributed by atoms with Gasteiger partial charge in [0.25, 0.3) is 0 Å². The minimum atomic E-state index is -0.225. The van der Waals surface area contributed by atoms with Crippen LogP contribution in [-0.2, 0) is 9.53 Å². The van der Waals surface area contributed by atoms with Crippen molar-refractivity contribution in [3.8, 4) is 0 Å². The zero-order chi connectivity index (χ0) is 12.9. The van der Waals surface area contributed by atoms with E-state index in [1.165, 1.54) is 11.1 Å². The SMILES string of the molecule is C=C1C(=O)O[C@@H]2[C@H]3C(CCl)=CC[C@H]3C(=C)CC[C@@H]12. The minimum Gasteiger partial charge on any atom is -0.458 e. The Bertz CT molecular complexity index is 463. The molecule has 2 aliphatic carbocycles. The molecule has 0 bridgehead atoms.